The quantitative estimate of drug-likeness (QED) is 0.858. The van der Waals surface area contributed by atoms with Crippen molar-refractivity contribution in [3.63, 3.8) is 0 Å². The Kier molecular flexibility index (Phi) is 6.13. The van der Waals surface area contributed by atoms with Gasteiger partial charge in [0.15, 0.2) is 0 Å². The average Bonchev–Trinajstić information content (AvgIpc) is 2.61. The highest BCUT2D eigenvalue weighted by Gasteiger charge is 2.25. The second kappa shape index (κ2) is 8.52. The third-order valence-corrected chi connectivity index (χ3v) is 5.37. The lowest BCUT2D eigenvalue weighted by atomic mass is 9.90. The van der Waals surface area contributed by atoms with Gasteiger partial charge in [0.05, 0.1) is 12.5 Å². The molecule has 0 aromatic heterocycles. The van der Waals surface area contributed by atoms with E-state index < -0.39 is 5.97 Å². The minimum Gasteiger partial charge on any atom is -0.493 e. The summed E-state index contributed by atoms with van der Waals surface area (Å²) in [6.07, 6.45) is 8.42. The largest absolute Gasteiger partial charge is 0.493 e. The first kappa shape index (κ1) is 17.3. The smallest absolute Gasteiger partial charge is 0.307 e. The Morgan fingerprint density at radius 1 is 1.17 bits per heavy atom. The lowest BCUT2D eigenvalue weighted by Crippen LogP contribution is -2.38. The van der Waals surface area contributed by atoms with E-state index >= 15 is 0 Å². The molecule has 1 saturated carbocycles. The Morgan fingerprint density at radius 2 is 2.00 bits per heavy atom. The molecule has 3 rings (SSSR count). The van der Waals surface area contributed by atoms with E-state index in [1.54, 1.807) is 0 Å². The molecule has 4 nitrogen and oxygen atoms in total. The van der Waals surface area contributed by atoms with E-state index in [9.17, 15) is 9.90 Å². The normalized spacial score (nSPS) is 23.1. The molecule has 1 aromatic carbocycles. The van der Waals surface area contributed by atoms with E-state index in [1.165, 1.54) is 37.7 Å². The predicted molar refractivity (Wildman–Crippen MR) is 94.1 cm³/mol. The number of benzene rings is 1. The van der Waals surface area contributed by atoms with E-state index in [4.69, 9.17) is 4.74 Å². The number of carboxylic acids is 1. The molecule has 1 aromatic rings. The van der Waals surface area contributed by atoms with Crippen LogP contribution in [0.1, 0.15) is 50.5 Å². The summed E-state index contributed by atoms with van der Waals surface area (Å²) < 4.78 is 6.02. The van der Waals surface area contributed by atoms with E-state index in [0.29, 0.717) is 12.5 Å². The van der Waals surface area contributed by atoms with Gasteiger partial charge in [0.1, 0.15) is 5.75 Å². The summed E-state index contributed by atoms with van der Waals surface area (Å²) in [5.41, 5.74) is 1.21. The first-order valence-corrected chi connectivity index (χ1v) is 9.37. The zero-order chi connectivity index (χ0) is 16.8. The summed E-state index contributed by atoms with van der Waals surface area (Å²) >= 11 is 0. The van der Waals surface area contributed by atoms with Gasteiger partial charge in [-0.15, -0.1) is 0 Å². The number of carbonyl (C=O) groups is 1. The summed E-state index contributed by atoms with van der Waals surface area (Å²) in [4.78, 5) is 13.4. The number of aliphatic carboxylic acids is 1. The molecule has 4 heteroatoms. The van der Waals surface area contributed by atoms with Crippen molar-refractivity contribution in [1.29, 1.82) is 0 Å². The molecule has 1 N–H and O–H groups in total. The summed E-state index contributed by atoms with van der Waals surface area (Å²) in [5, 5.41) is 9.21. The third-order valence-electron chi connectivity index (χ3n) is 5.37. The maximum Gasteiger partial charge on any atom is 0.307 e. The second-order valence-corrected chi connectivity index (χ2v) is 7.37. The van der Waals surface area contributed by atoms with Crippen LogP contribution in [0.5, 0.6) is 5.75 Å². The third kappa shape index (κ3) is 4.97. The number of ether oxygens (including phenoxy) is 1. The van der Waals surface area contributed by atoms with Crippen molar-refractivity contribution in [3.8, 4) is 5.75 Å². The molecule has 2 aliphatic rings. The first-order chi connectivity index (χ1) is 11.7. The maximum absolute atomic E-state index is 11.2. The van der Waals surface area contributed by atoms with Crippen molar-refractivity contribution in [2.24, 2.45) is 11.8 Å². The zero-order valence-corrected chi connectivity index (χ0v) is 14.5. The molecule has 1 aliphatic heterocycles. The Morgan fingerprint density at radius 3 is 2.79 bits per heavy atom. The Balaban J connectivity index is 1.51. The summed E-state index contributed by atoms with van der Waals surface area (Å²) in [6.45, 7) is 3.28. The van der Waals surface area contributed by atoms with Crippen LogP contribution in [-0.2, 0) is 11.3 Å². The Labute approximate surface area is 144 Å². The zero-order valence-electron chi connectivity index (χ0n) is 14.5. The Bertz CT molecular complexity index is 539. The molecule has 0 amide bonds. The monoisotopic (exact) mass is 331 g/mol. The van der Waals surface area contributed by atoms with Crippen LogP contribution in [0.15, 0.2) is 24.3 Å². The highest BCUT2D eigenvalue weighted by molar-refractivity contribution is 5.70. The molecular weight excluding hydrogens is 302 g/mol. The number of nitrogens with zero attached hydrogens (tertiary/aromatic N) is 1. The average molecular weight is 331 g/mol. The fourth-order valence-electron chi connectivity index (χ4n) is 3.96. The number of rotatable bonds is 6. The fraction of sp³-hybridized carbons (Fsp3) is 0.650. The Hall–Kier alpha value is -1.55. The van der Waals surface area contributed by atoms with Gasteiger partial charge < -0.3 is 9.84 Å². The number of likely N-dealkylation sites (tertiary alicyclic amines) is 1. The fourth-order valence-corrected chi connectivity index (χ4v) is 3.96. The van der Waals surface area contributed by atoms with Crippen LogP contribution >= 0.6 is 0 Å². The molecule has 0 bridgehead atoms. The lowest BCUT2D eigenvalue weighted by Gasteiger charge is -2.30. The molecule has 0 radical (unpaired) electrons. The topological polar surface area (TPSA) is 49.8 Å². The maximum atomic E-state index is 11.2. The van der Waals surface area contributed by atoms with Gasteiger partial charge in [-0.1, -0.05) is 31.4 Å². The molecule has 0 spiro atoms. The van der Waals surface area contributed by atoms with E-state index in [2.05, 4.69) is 17.0 Å². The number of piperidine rings is 1. The first-order valence-electron chi connectivity index (χ1n) is 9.37. The van der Waals surface area contributed by atoms with Crippen molar-refractivity contribution < 1.29 is 14.6 Å². The summed E-state index contributed by atoms with van der Waals surface area (Å²) in [7, 11) is 0. The number of hydrogen-bond acceptors (Lipinski definition) is 3. The van der Waals surface area contributed by atoms with Crippen LogP contribution in [0.4, 0.5) is 0 Å². The highest BCUT2D eigenvalue weighted by atomic mass is 16.5. The van der Waals surface area contributed by atoms with Crippen LogP contribution in [0.2, 0.25) is 0 Å². The van der Waals surface area contributed by atoms with Crippen LogP contribution < -0.4 is 4.74 Å². The van der Waals surface area contributed by atoms with Crippen molar-refractivity contribution >= 4 is 5.97 Å². The van der Waals surface area contributed by atoms with Crippen molar-refractivity contribution in [1.82, 2.24) is 4.90 Å². The molecule has 1 saturated heterocycles. The molecule has 1 heterocycles. The van der Waals surface area contributed by atoms with Crippen LogP contribution in [0.25, 0.3) is 0 Å². The number of carboxylic acid groups (broad SMARTS) is 1. The molecule has 132 valence electrons. The van der Waals surface area contributed by atoms with E-state index in [1.807, 2.05) is 12.1 Å². The van der Waals surface area contributed by atoms with Crippen LogP contribution in [0, 0.1) is 11.8 Å². The van der Waals surface area contributed by atoms with E-state index in [-0.39, 0.29) is 5.92 Å². The van der Waals surface area contributed by atoms with Gasteiger partial charge in [-0.2, -0.15) is 0 Å². The lowest BCUT2D eigenvalue weighted by molar-refractivity contribution is -0.143. The van der Waals surface area contributed by atoms with Crippen molar-refractivity contribution in [2.45, 2.75) is 51.5 Å². The molecule has 24 heavy (non-hydrogen) atoms. The molecule has 1 aliphatic carbocycles. The SMILES string of the molecule is O=C(O)C1CCCN(Cc2cccc(OCC3CCCCC3)c2)C1. The minimum atomic E-state index is -0.663. The molecular formula is C20H29NO3. The summed E-state index contributed by atoms with van der Waals surface area (Å²) in [6, 6.07) is 8.30. The van der Waals surface area contributed by atoms with E-state index in [0.717, 1.165) is 38.3 Å². The van der Waals surface area contributed by atoms with Crippen molar-refractivity contribution in [3.05, 3.63) is 29.8 Å². The van der Waals surface area contributed by atoms with Gasteiger partial charge >= 0.3 is 5.97 Å². The molecule has 1 unspecified atom stereocenters. The minimum absolute atomic E-state index is 0.218. The van der Waals surface area contributed by atoms with Gasteiger partial charge in [-0.3, -0.25) is 9.69 Å². The van der Waals surface area contributed by atoms with Gasteiger partial charge in [-0.25, -0.2) is 0 Å². The van der Waals surface area contributed by atoms with Gasteiger partial charge in [0.2, 0.25) is 0 Å². The molecule has 2 fully saturated rings. The predicted octanol–water partition coefficient (Wildman–Crippen LogP) is 3.94. The highest BCUT2D eigenvalue weighted by Crippen LogP contribution is 2.25. The van der Waals surface area contributed by atoms with Gasteiger partial charge in [0.25, 0.3) is 0 Å². The van der Waals surface area contributed by atoms with Gasteiger partial charge in [-0.05, 0) is 55.8 Å². The van der Waals surface area contributed by atoms with Crippen LogP contribution in [-0.4, -0.2) is 35.7 Å². The van der Waals surface area contributed by atoms with Crippen LogP contribution in [0.3, 0.4) is 0 Å². The second-order valence-electron chi connectivity index (χ2n) is 7.37. The van der Waals surface area contributed by atoms with Crippen molar-refractivity contribution in [2.75, 3.05) is 19.7 Å². The number of hydrogen-bond donors (Lipinski definition) is 1. The molecule has 1 atom stereocenters. The summed E-state index contributed by atoms with van der Waals surface area (Å²) in [5.74, 6) is 0.777. The standard InChI is InChI=1S/C20H29NO3/c22-20(23)18-9-5-11-21(14-18)13-17-8-4-10-19(12-17)24-15-16-6-2-1-3-7-16/h4,8,10,12,16,18H,1-3,5-7,9,11,13-15H2,(H,22,23). The van der Waals surface area contributed by atoms with Gasteiger partial charge in [0, 0.05) is 13.1 Å².